The van der Waals surface area contributed by atoms with Crippen LogP contribution < -0.4 is 10.6 Å². The summed E-state index contributed by atoms with van der Waals surface area (Å²) in [4.78, 5) is 41.3. The van der Waals surface area contributed by atoms with Gasteiger partial charge < -0.3 is 5.32 Å². The minimum Gasteiger partial charge on any atom is -0.324 e. The number of imide groups is 1. The van der Waals surface area contributed by atoms with E-state index >= 15 is 0 Å². The molecule has 1 aromatic rings. The van der Waals surface area contributed by atoms with Gasteiger partial charge in [0, 0.05) is 22.8 Å². The normalized spacial score (nSPS) is 32.2. The first kappa shape index (κ1) is 18.5. The van der Waals surface area contributed by atoms with Crippen molar-refractivity contribution in [2.75, 3.05) is 17.3 Å². The van der Waals surface area contributed by atoms with Crippen molar-refractivity contribution in [1.29, 1.82) is 0 Å². The number of hydrogen-bond acceptors (Lipinski definition) is 5. The first-order chi connectivity index (χ1) is 12.7. The van der Waals surface area contributed by atoms with Crippen LogP contribution >= 0.6 is 11.8 Å². The number of benzene rings is 1. The van der Waals surface area contributed by atoms with Gasteiger partial charge >= 0.3 is 0 Å². The zero-order chi connectivity index (χ0) is 19.6. The molecule has 2 N–H and O–H groups in total. The molecule has 6 nitrogen and oxygen atoms in total. The second-order valence-electron chi connectivity index (χ2n) is 8.53. The van der Waals surface area contributed by atoms with Gasteiger partial charge in [-0.2, -0.15) is 11.8 Å². The number of likely N-dealkylation sites (tertiary alicyclic amines) is 1. The van der Waals surface area contributed by atoms with E-state index in [9.17, 15) is 14.4 Å². The molecular formula is C20H25N3O3S. The van der Waals surface area contributed by atoms with Crippen molar-refractivity contribution >= 4 is 35.2 Å². The number of para-hydroxylation sites is 1. The van der Waals surface area contributed by atoms with Gasteiger partial charge in [0.25, 0.3) is 0 Å². The van der Waals surface area contributed by atoms with E-state index in [0.29, 0.717) is 5.69 Å². The third kappa shape index (κ3) is 2.41. The number of nitrogens with one attached hydrogen (secondary N) is 2. The third-order valence-electron chi connectivity index (χ3n) is 5.93. The van der Waals surface area contributed by atoms with Gasteiger partial charge in [-0.05, 0) is 45.3 Å². The first-order valence-corrected chi connectivity index (χ1v) is 10.7. The van der Waals surface area contributed by atoms with Gasteiger partial charge in [-0.1, -0.05) is 18.2 Å². The van der Waals surface area contributed by atoms with E-state index in [1.807, 2.05) is 51.3 Å². The van der Waals surface area contributed by atoms with Crippen LogP contribution in [0.3, 0.4) is 0 Å². The highest BCUT2D eigenvalue weighted by molar-refractivity contribution is 7.98. The maximum atomic E-state index is 13.5. The average molecular weight is 388 g/mol. The molecule has 3 aliphatic heterocycles. The first-order valence-electron chi connectivity index (χ1n) is 9.29. The summed E-state index contributed by atoms with van der Waals surface area (Å²) >= 11 is 1.70. The Morgan fingerprint density at radius 3 is 2.52 bits per heavy atom. The molecule has 1 aromatic carbocycles. The molecule has 0 saturated carbocycles. The molecule has 7 heteroatoms. The molecule has 2 fully saturated rings. The molecule has 0 aliphatic carbocycles. The fraction of sp³-hybridized carbons (Fsp3) is 0.550. The molecule has 0 bridgehead atoms. The zero-order valence-corrected chi connectivity index (χ0v) is 16.9. The minimum atomic E-state index is -1.17. The van der Waals surface area contributed by atoms with Crippen molar-refractivity contribution in [3.63, 3.8) is 0 Å². The van der Waals surface area contributed by atoms with E-state index in [-0.39, 0.29) is 23.8 Å². The summed E-state index contributed by atoms with van der Waals surface area (Å²) in [6.45, 7) is 5.59. The maximum absolute atomic E-state index is 13.5. The molecular weight excluding hydrogens is 362 g/mol. The summed E-state index contributed by atoms with van der Waals surface area (Å²) in [5.41, 5.74) is -0.294. The number of thioether (sulfide) groups is 1. The number of amides is 3. The lowest BCUT2D eigenvalue weighted by Gasteiger charge is -2.34. The Morgan fingerprint density at radius 1 is 1.15 bits per heavy atom. The van der Waals surface area contributed by atoms with Crippen molar-refractivity contribution in [3.05, 3.63) is 29.8 Å². The Kier molecular flexibility index (Phi) is 4.16. The van der Waals surface area contributed by atoms with Crippen LogP contribution in [0.15, 0.2) is 24.3 Å². The van der Waals surface area contributed by atoms with E-state index in [4.69, 9.17) is 0 Å². The Hall–Kier alpha value is -1.86. The molecule has 3 heterocycles. The lowest BCUT2D eigenvalue weighted by atomic mass is 9.76. The minimum absolute atomic E-state index is 0.162. The fourth-order valence-corrected chi connectivity index (χ4v) is 5.40. The molecule has 4 atom stereocenters. The predicted octanol–water partition coefficient (Wildman–Crippen LogP) is 1.96. The summed E-state index contributed by atoms with van der Waals surface area (Å²) in [6, 6.07) is 7.25. The molecule has 1 spiro atoms. The second-order valence-corrected chi connectivity index (χ2v) is 9.51. The van der Waals surface area contributed by atoms with Crippen LogP contribution in [0.5, 0.6) is 0 Å². The van der Waals surface area contributed by atoms with Crippen LogP contribution in [0.25, 0.3) is 0 Å². The SMILES string of the molecule is CSCC[C@H]1N[C@]2(C(=O)Nc3ccccc32)[C@@H]2C(=O)N(C(C)(C)C)C(=O)[C@@H]21. The van der Waals surface area contributed by atoms with Gasteiger partial charge in [0.05, 0.1) is 11.8 Å². The number of carbonyl (C=O) groups is 3. The van der Waals surface area contributed by atoms with E-state index in [2.05, 4.69) is 10.6 Å². The fourth-order valence-electron chi connectivity index (χ4n) is 4.91. The lowest BCUT2D eigenvalue weighted by Crippen LogP contribution is -2.55. The van der Waals surface area contributed by atoms with Crippen LogP contribution in [0.2, 0.25) is 0 Å². The van der Waals surface area contributed by atoms with Crippen molar-refractivity contribution in [2.24, 2.45) is 11.8 Å². The summed E-state index contributed by atoms with van der Waals surface area (Å²) in [5.74, 6) is -1.01. The average Bonchev–Trinajstić information content (AvgIpc) is 3.17. The Labute approximate surface area is 163 Å². The van der Waals surface area contributed by atoms with Crippen LogP contribution in [-0.4, -0.2) is 46.2 Å². The number of nitrogens with zero attached hydrogens (tertiary/aromatic N) is 1. The van der Waals surface area contributed by atoms with E-state index < -0.39 is 22.9 Å². The second kappa shape index (κ2) is 6.07. The highest BCUT2D eigenvalue weighted by atomic mass is 32.2. The van der Waals surface area contributed by atoms with E-state index in [0.717, 1.165) is 17.7 Å². The molecule has 3 amide bonds. The number of fused-ring (bicyclic) bond motifs is 4. The summed E-state index contributed by atoms with van der Waals surface area (Å²) in [5, 5.41) is 6.37. The molecule has 2 saturated heterocycles. The molecule has 0 unspecified atom stereocenters. The van der Waals surface area contributed by atoms with E-state index in [1.54, 1.807) is 11.8 Å². The summed E-state index contributed by atoms with van der Waals surface area (Å²) < 4.78 is 0. The quantitative estimate of drug-likeness (QED) is 0.775. The Morgan fingerprint density at radius 2 is 1.85 bits per heavy atom. The largest absolute Gasteiger partial charge is 0.324 e. The Balaban J connectivity index is 1.87. The van der Waals surface area contributed by atoms with Crippen molar-refractivity contribution in [2.45, 2.75) is 44.3 Å². The predicted molar refractivity (Wildman–Crippen MR) is 105 cm³/mol. The number of hydrogen-bond donors (Lipinski definition) is 2. The number of rotatable bonds is 3. The smallest absolute Gasteiger partial charge is 0.250 e. The van der Waals surface area contributed by atoms with Gasteiger partial charge in [-0.15, -0.1) is 0 Å². The maximum Gasteiger partial charge on any atom is 0.250 e. The summed E-state index contributed by atoms with van der Waals surface area (Å²) in [7, 11) is 0. The van der Waals surface area contributed by atoms with Crippen LogP contribution in [0.1, 0.15) is 32.8 Å². The van der Waals surface area contributed by atoms with Gasteiger partial charge in [0.1, 0.15) is 5.54 Å². The lowest BCUT2D eigenvalue weighted by molar-refractivity contribution is -0.147. The van der Waals surface area contributed by atoms with Gasteiger partial charge in [-0.25, -0.2) is 0 Å². The van der Waals surface area contributed by atoms with Crippen LogP contribution in [-0.2, 0) is 19.9 Å². The van der Waals surface area contributed by atoms with Gasteiger partial charge in [0.2, 0.25) is 17.7 Å². The van der Waals surface area contributed by atoms with Gasteiger partial charge in [-0.3, -0.25) is 24.6 Å². The zero-order valence-electron chi connectivity index (χ0n) is 16.0. The molecule has 144 valence electrons. The van der Waals surface area contributed by atoms with Crippen molar-refractivity contribution < 1.29 is 14.4 Å². The monoisotopic (exact) mass is 387 g/mol. The van der Waals surface area contributed by atoms with Crippen LogP contribution in [0.4, 0.5) is 5.69 Å². The molecule has 0 aromatic heterocycles. The standard InChI is InChI=1S/C20H25N3O3S/c1-19(2,3)23-16(24)14-13(9-10-27-4)22-20(15(14)17(23)25)11-7-5-6-8-12(11)21-18(20)26/h5-8,13-15,22H,9-10H2,1-4H3,(H,21,26)/t13-,14-,15+,20+/m1/s1. The number of anilines is 1. The molecule has 27 heavy (non-hydrogen) atoms. The van der Waals surface area contributed by atoms with E-state index in [1.165, 1.54) is 4.90 Å². The van der Waals surface area contributed by atoms with Crippen LogP contribution in [0, 0.1) is 11.8 Å². The van der Waals surface area contributed by atoms with Crippen molar-refractivity contribution in [3.8, 4) is 0 Å². The molecule has 3 aliphatic rings. The third-order valence-corrected chi connectivity index (χ3v) is 6.57. The highest BCUT2D eigenvalue weighted by Gasteiger charge is 2.71. The highest BCUT2D eigenvalue weighted by Crippen LogP contribution is 2.54. The molecule has 4 rings (SSSR count). The Bertz CT molecular complexity index is 834. The molecule has 0 radical (unpaired) electrons. The topological polar surface area (TPSA) is 78.5 Å². The van der Waals surface area contributed by atoms with Crippen molar-refractivity contribution in [1.82, 2.24) is 10.2 Å². The van der Waals surface area contributed by atoms with Gasteiger partial charge in [0.15, 0.2) is 0 Å². The summed E-state index contributed by atoms with van der Waals surface area (Å²) in [6.07, 6.45) is 2.75. The number of carbonyl (C=O) groups excluding carboxylic acids is 3.